The molecule has 0 spiro atoms. The molecule has 1 atom stereocenters. The molecule has 0 aliphatic carbocycles. The summed E-state index contributed by atoms with van der Waals surface area (Å²) < 4.78 is 1.12. The molecule has 0 fully saturated rings. The third kappa shape index (κ3) is 5.64. The van der Waals surface area contributed by atoms with Crippen molar-refractivity contribution in [1.82, 2.24) is 5.48 Å². The lowest BCUT2D eigenvalue weighted by Gasteiger charge is -2.15. The summed E-state index contributed by atoms with van der Waals surface area (Å²) in [5.41, 5.74) is 4.38. The fourth-order valence-electron chi connectivity index (χ4n) is 1.37. The van der Waals surface area contributed by atoms with Crippen LogP contribution in [0.4, 0.5) is 0 Å². The molecule has 1 N–H and O–H groups in total. The van der Waals surface area contributed by atoms with Crippen molar-refractivity contribution in [2.75, 3.05) is 6.61 Å². The molecule has 0 saturated heterocycles. The normalized spacial score (nSPS) is 13.1. The second kappa shape index (κ2) is 7.05. The Balaban J connectivity index is 2.28. The minimum absolute atomic E-state index is 0.333. The van der Waals surface area contributed by atoms with Gasteiger partial charge >= 0.3 is 0 Å². The fourth-order valence-corrected chi connectivity index (χ4v) is 1.64. The van der Waals surface area contributed by atoms with Crippen molar-refractivity contribution in [3.63, 3.8) is 0 Å². The monoisotopic (exact) mass is 285 g/mol. The highest BCUT2D eigenvalue weighted by Crippen LogP contribution is 2.11. The van der Waals surface area contributed by atoms with Crippen molar-refractivity contribution in [1.29, 1.82) is 0 Å². The topological polar surface area (TPSA) is 21.3 Å². The van der Waals surface area contributed by atoms with Crippen molar-refractivity contribution < 1.29 is 4.84 Å². The Hall–Kier alpha value is -0.380. The van der Waals surface area contributed by atoms with E-state index in [1.54, 1.807) is 0 Å². The first kappa shape index (κ1) is 13.7. The average Bonchev–Trinajstić information content (AvgIpc) is 2.21. The van der Waals surface area contributed by atoms with Gasteiger partial charge in [-0.3, -0.25) is 0 Å². The van der Waals surface area contributed by atoms with E-state index in [-0.39, 0.29) is 0 Å². The summed E-state index contributed by atoms with van der Waals surface area (Å²) in [6, 6.07) is 8.73. The molecule has 0 saturated carbocycles. The molecular formula is C13H20BrNO. The molecule has 0 aromatic heterocycles. The van der Waals surface area contributed by atoms with Gasteiger partial charge in [0.1, 0.15) is 0 Å². The summed E-state index contributed by atoms with van der Waals surface area (Å²) in [6.07, 6.45) is 0.978. The Morgan fingerprint density at radius 2 is 1.81 bits per heavy atom. The van der Waals surface area contributed by atoms with Crippen molar-refractivity contribution in [3.05, 3.63) is 34.3 Å². The van der Waals surface area contributed by atoms with Crippen molar-refractivity contribution in [2.45, 2.75) is 33.2 Å². The predicted octanol–water partition coefficient (Wildman–Crippen LogP) is 3.56. The Labute approximate surface area is 106 Å². The quantitative estimate of drug-likeness (QED) is 0.807. The van der Waals surface area contributed by atoms with Gasteiger partial charge in [0.15, 0.2) is 0 Å². The second-order valence-corrected chi connectivity index (χ2v) is 5.47. The van der Waals surface area contributed by atoms with Crippen molar-refractivity contribution >= 4 is 15.9 Å². The summed E-state index contributed by atoms with van der Waals surface area (Å²) in [7, 11) is 0. The molecule has 0 aliphatic rings. The molecule has 0 heterocycles. The third-order valence-electron chi connectivity index (χ3n) is 2.16. The number of nitrogens with one attached hydrogen (secondary N) is 1. The summed E-state index contributed by atoms with van der Waals surface area (Å²) in [4.78, 5) is 5.39. The Morgan fingerprint density at radius 1 is 1.19 bits per heavy atom. The smallest absolute Gasteiger partial charge is 0.0705 e. The summed E-state index contributed by atoms with van der Waals surface area (Å²) in [6.45, 7) is 7.16. The van der Waals surface area contributed by atoms with Crippen LogP contribution in [-0.2, 0) is 11.3 Å². The van der Waals surface area contributed by atoms with E-state index < -0.39 is 0 Å². The molecule has 1 unspecified atom stereocenters. The summed E-state index contributed by atoms with van der Waals surface area (Å²) >= 11 is 3.43. The van der Waals surface area contributed by atoms with E-state index in [0.29, 0.717) is 12.0 Å². The number of benzene rings is 1. The Kier molecular flexibility index (Phi) is 6.03. The van der Waals surface area contributed by atoms with Crippen LogP contribution in [0.15, 0.2) is 28.7 Å². The average molecular weight is 286 g/mol. The van der Waals surface area contributed by atoms with Gasteiger partial charge in [-0.05, 0) is 37.0 Å². The first-order valence-corrected chi connectivity index (χ1v) is 6.49. The van der Waals surface area contributed by atoms with E-state index in [1.165, 1.54) is 5.56 Å². The maximum Gasteiger partial charge on any atom is 0.0705 e. The van der Waals surface area contributed by atoms with E-state index in [4.69, 9.17) is 4.84 Å². The van der Waals surface area contributed by atoms with Crippen LogP contribution in [-0.4, -0.2) is 12.6 Å². The third-order valence-corrected chi connectivity index (χ3v) is 2.68. The lowest BCUT2D eigenvalue weighted by atomic mass is 10.1. The molecule has 90 valence electrons. The van der Waals surface area contributed by atoms with Gasteiger partial charge in [0.25, 0.3) is 0 Å². The van der Waals surface area contributed by atoms with Gasteiger partial charge in [-0.1, -0.05) is 41.9 Å². The molecule has 1 aromatic rings. The van der Waals surface area contributed by atoms with Crippen LogP contribution in [0.25, 0.3) is 0 Å². The van der Waals surface area contributed by atoms with Crippen LogP contribution in [0.2, 0.25) is 0 Å². The standard InChI is InChI=1S/C13H20BrNO/c1-10(2)9-16-15-11(3)8-12-4-6-13(14)7-5-12/h4-7,10-11,15H,8-9H2,1-3H3. The highest BCUT2D eigenvalue weighted by Gasteiger charge is 2.03. The number of hydrogen-bond acceptors (Lipinski definition) is 2. The van der Waals surface area contributed by atoms with E-state index in [9.17, 15) is 0 Å². The van der Waals surface area contributed by atoms with Gasteiger partial charge in [-0.2, -0.15) is 5.48 Å². The Bertz CT molecular complexity index is 297. The maximum absolute atomic E-state index is 5.39. The molecule has 16 heavy (non-hydrogen) atoms. The van der Waals surface area contributed by atoms with Gasteiger partial charge in [0.05, 0.1) is 6.61 Å². The number of rotatable bonds is 6. The van der Waals surface area contributed by atoms with E-state index in [0.717, 1.165) is 17.5 Å². The minimum Gasteiger partial charge on any atom is -0.301 e. The zero-order valence-corrected chi connectivity index (χ0v) is 11.8. The SMILES string of the molecule is CC(C)CONC(C)Cc1ccc(Br)cc1. The largest absolute Gasteiger partial charge is 0.301 e. The molecule has 1 aromatic carbocycles. The predicted molar refractivity (Wildman–Crippen MR) is 71.2 cm³/mol. The number of halogens is 1. The zero-order valence-electron chi connectivity index (χ0n) is 10.2. The molecule has 3 heteroatoms. The van der Waals surface area contributed by atoms with Crippen LogP contribution in [0.1, 0.15) is 26.3 Å². The van der Waals surface area contributed by atoms with Crippen LogP contribution in [0, 0.1) is 5.92 Å². The zero-order chi connectivity index (χ0) is 12.0. The molecule has 0 radical (unpaired) electrons. The first-order valence-electron chi connectivity index (χ1n) is 5.69. The van der Waals surface area contributed by atoms with Gasteiger partial charge in [-0.15, -0.1) is 0 Å². The fraction of sp³-hybridized carbons (Fsp3) is 0.538. The van der Waals surface area contributed by atoms with Crippen molar-refractivity contribution in [3.8, 4) is 0 Å². The minimum atomic E-state index is 0.333. The van der Waals surface area contributed by atoms with Crippen LogP contribution in [0.5, 0.6) is 0 Å². The van der Waals surface area contributed by atoms with Gasteiger partial charge in [-0.25, -0.2) is 0 Å². The van der Waals surface area contributed by atoms with Crippen molar-refractivity contribution in [2.24, 2.45) is 5.92 Å². The highest BCUT2D eigenvalue weighted by molar-refractivity contribution is 9.10. The van der Waals surface area contributed by atoms with E-state index in [2.05, 4.69) is 66.4 Å². The molecule has 0 amide bonds. The molecule has 0 aliphatic heterocycles. The van der Waals surface area contributed by atoms with Crippen LogP contribution < -0.4 is 5.48 Å². The summed E-state index contributed by atoms with van der Waals surface area (Å²) in [5, 5.41) is 0. The molecule has 1 rings (SSSR count). The van der Waals surface area contributed by atoms with E-state index >= 15 is 0 Å². The lowest BCUT2D eigenvalue weighted by Crippen LogP contribution is -2.29. The van der Waals surface area contributed by atoms with Crippen LogP contribution >= 0.6 is 15.9 Å². The van der Waals surface area contributed by atoms with Crippen LogP contribution in [0.3, 0.4) is 0 Å². The molecule has 0 bridgehead atoms. The van der Waals surface area contributed by atoms with Gasteiger partial charge in [0.2, 0.25) is 0 Å². The molecular weight excluding hydrogens is 266 g/mol. The number of hydroxylamine groups is 1. The van der Waals surface area contributed by atoms with Gasteiger partial charge in [0, 0.05) is 10.5 Å². The lowest BCUT2D eigenvalue weighted by molar-refractivity contribution is 0.00473. The molecule has 2 nitrogen and oxygen atoms in total. The van der Waals surface area contributed by atoms with Gasteiger partial charge < -0.3 is 4.84 Å². The Morgan fingerprint density at radius 3 is 2.38 bits per heavy atom. The second-order valence-electron chi connectivity index (χ2n) is 4.55. The van der Waals surface area contributed by atoms with E-state index in [1.807, 2.05) is 0 Å². The highest BCUT2D eigenvalue weighted by atomic mass is 79.9. The number of hydrogen-bond donors (Lipinski definition) is 1. The first-order chi connectivity index (χ1) is 7.58. The maximum atomic E-state index is 5.39. The summed E-state index contributed by atoms with van der Waals surface area (Å²) in [5.74, 6) is 0.562.